The van der Waals surface area contributed by atoms with E-state index in [1.807, 2.05) is 96.7 Å². The first-order valence-corrected chi connectivity index (χ1v) is 57.4. The van der Waals surface area contributed by atoms with Crippen LogP contribution in [0.2, 0.25) is 0 Å². The molecule has 0 N–H and O–H groups in total. The first kappa shape index (κ1) is 84.5. The number of fused-ring (bicyclic) bond motifs is 13. The van der Waals surface area contributed by atoms with Crippen LogP contribution in [0, 0.1) is 0 Å². The second kappa shape index (κ2) is 40.6. The number of rotatable bonds is 0. The normalized spacial score (nSPS) is 17.4. The number of carbonyl (C=O) groups excluding carboxylic acids is 1. The molecule has 21 rings (SSSR count). The molecule has 0 radical (unpaired) electrons. The summed E-state index contributed by atoms with van der Waals surface area (Å²) in [5.74, 6) is 10.8. The monoisotopic (exact) mass is 1720 g/mol. The third-order valence-corrected chi connectivity index (χ3v) is 44.0. The van der Waals surface area contributed by atoms with Crippen LogP contribution in [0.25, 0.3) is 20.2 Å². The Hall–Kier alpha value is -6.42. The van der Waals surface area contributed by atoms with Gasteiger partial charge in [0.05, 0.1) is 116 Å². The molecule has 0 bridgehead atoms. The van der Waals surface area contributed by atoms with Crippen molar-refractivity contribution in [1.82, 2.24) is 0 Å². The van der Waals surface area contributed by atoms with Crippen LogP contribution in [-0.2, 0) is 125 Å². The molecule has 580 valence electrons. The Balaban J connectivity index is 0.000000113. The summed E-state index contributed by atoms with van der Waals surface area (Å²) in [6.07, 6.45) is 30.8. The van der Waals surface area contributed by atoms with Gasteiger partial charge in [0.15, 0.2) is 60.1 Å². The summed E-state index contributed by atoms with van der Waals surface area (Å²) in [4.78, 5) is 29.2. The van der Waals surface area contributed by atoms with E-state index >= 15 is 0 Å². The third kappa shape index (κ3) is 20.6. The van der Waals surface area contributed by atoms with Crippen LogP contribution < -0.4 is 4.74 Å². The third-order valence-electron chi connectivity index (χ3n) is 20.7. The van der Waals surface area contributed by atoms with Crippen molar-refractivity contribution in [3.8, 4) is 11.5 Å². The first-order chi connectivity index (χ1) is 54.9. The van der Waals surface area contributed by atoms with Gasteiger partial charge < -0.3 is 4.74 Å². The fourth-order valence-electron chi connectivity index (χ4n) is 14.5. The second-order valence-electron chi connectivity index (χ2n) is 28.4. The molecule has 0 saturated carbocycles. The highest BCUT2D eigenvalue weighted by Crippen LogP contribution is 2.47. The molecule has 1 aromatic heterocycles. The lowest BCUT2D eigenvalue weighted by atomic mass is 10.0. The number of para-hydroxylation sites is 2. The number of aryl methyl sites for hydroxylation is 1. The van der Waals surface area contributed by atoms with E-state index in [2.05, 4.69) is 238 Å². The summed E-state index contributed by atoms with van der Waals surface area (Å²) in [6, 6.07) is 99.8. The Labute approximate surface area is 705 Å². The van der Waals surface area contributed by atoms with Gasteiger partial charge in [-0.15, -0.1) is 0 Å². The van der Waals surface area contributed by atoms with Gasteiger partial charge in [-0.05, 0) is 209 Å². The summed E-state index contributed by atoms with van der Waals surface area (Å²) < 4.78 is 46.1. The van der Waals surface area contributed by atoms with Crippen molar-refractivity contribution >= 4 is 156 Å². The van der Waals surface area contributed by atoms with E-state index in [4.69, 9.17) is 4.74 Å². The number of benzene rings is 12. The number of Topliss-reactive ketones (excluding diaryl/α,β-unsaturated/α-hetero) is 1. The van der Waals surface area contributed by atoms with E-state index < -0.39 is 20.6 Å². The quantitative estimate of drug-likeness (QED) is 0.141. The van der Waals surface area contributed by atoms with E-state index in [1.165, 1.54) is 135 Å². The van der Waals surface area contributed by atoms with Gasteiger partial charge in [-0.1, -0.05) is 169 Å². The zero-order valence-corrected chi connectivity index (χ0v) is 75.9. The molecule has 0 atom stereocenters. The van der Waals surface area contributed by atoms with Crippen molar-refractivity contribution in [2.75, 3.05) is 84.6 Å². The van der Waals surface area contributed by atoms with Crippen LogP contribution in [0.1, 0.15) is 56.1 Å². The number of hydrogen-bond acceptors (Lipinski definition) is 6. The minimum Gasteiger partial charge on any atom is -0.447 e. The molecule has 8 aliphatic heterocycles. The maximum atomic E-state index is 12.4. The van der Waals surface area contributed by atoms with Crippen LogP contribution in [0.3, 0.4) is 0 Å². The lowest BCUT2D eigenvalue weighted by molar-refractivity contribution is -0.118. The van der Waals surface area contributed by atoms with Gasteiger partial charge in [-0.3, -0.25) is 4.79 Å². The van der Waals surface area contributed by atoms with Gasteiger partial charge in [0, 0.05) is 28.3 Å². The van der Waals surface area contributed by atoms with Crippen LogP contribution >= 0.6 is 22.2 Å². The molecular weight excluding hydrogens is 1620 g/mol. The molecule has 13 aromatic rings. The van der Waals surface area contributed by atoms with E-state index in [-0.39, 0.29) is 64.9 Å². The van der Waals surface area contributed by atoms with Crippen molar-refractivity contribution < 1.29 is 22.2 Å². The number of ketones is 1. The van der Waals surface area contributed by atoms with E-state index in [9.17, 15) is 17.4 Å². The summed E-state index contributed by atoms with van der Waals surface area (Å²) >= 11 is 1.89. The minimum atomic E-state index is -3.33. The average molecular weight is 1720 g/mol. The standard InChI is InChI=1S/C14H13S.C13H11O2S2.C13H11OS2.C13H11OS.C13H11S2.C13H11S.C6H11OS.C6H13S.C5H11S/c1-15-13-8-4-2-6-11(13)10-12-7-3-5-9-14(12)15;1-16-10-6-2-4-8-12(10)17(14,15)13-9-5-3-7-11(13)16;1-15-10-6-2-4-8-12(10)16(14)13-9-5-3-7-11(13)15;2*1-15-12-8-4-2-6-10(12)14-11-7-3-5-9-13(11)15;1-14-12-8-4-2-6-10(12)11-7-3-5-9-13(11)14;1-8-4-2-6(7)3-5-8;1-7-5-3-2-4-6-7;1-6-4-2-3-5-6/h2-9H,10H2,1H3;2-9H,1H3;2-9H,1H3;2*2-9H,1H3;2-9H,1H3;2-5H2,1H3;2-6H2,1H3;2-5H2,1H3/q9*+1. The molecule has 3 fully saturated rings. The molecule has 9 heterocycles. The fraction of sp³-hybridized carbons (Fsp3) is 0.240. The highest BCUT2D eigenvalue weighted by Gasteiger charge is 2.42. The van der Waals surface area contributed by atoms with Gasteiger partial charge in [-0.2, -0.15) is 0 Å². The van der Waals surface area contributed by atoms with Crippen molar-refractivity contribution in [3.63, 3.8) is 0 Å². The van der Waals surface area contributed by atoms with Crippen LogP contribution in [-0.4, -0.2) is 103 Å². The topological polar surface area (TPSA) is 77.5 Å². The smallest absolute Gasteiger partial charge is 0.216 e. The molecule has 5 nitrogen and oxygen atoms in total. The lowest BCUT2D eigenvalue weighted by Gasteiger charge is -2.17. The van der Waals surface area contributed by atoms with E-state index in [0.717, 1.165) is 83.6 Å². The SMILES string of the molecule is C[S+]1CCC(=O)CC1.C[S+]1CCCC1.C[S+]1CCCCC1.C[S+]1c2ccccc2Cc2ccccc21.C[S+]1c2ccccc2Oc2ccccc21.C[S+]1c2ccccc2S(=O)(=O)c2ccccc21.C[S+]1c2ccccc2S(=O)c2ccccc21.C[S+]1c2ccccc2Sc2ccccc21.C[s+]1c2ccccc2c2ccccc21. The second-order valence-corrected chi connectivity index (χ2v) is 51.3. The molecule has 3 saturated heterocycles. The zero-order chi connectivity index (χ0) is 79.0. The number of thiophene rings is 1. The van der Waals surface area contributed by atoms with Crippen LogP contribution in [0.4, 0.5) is 0 Å². The lowest BCUT2D eigenvalue weighted by Crippen LogP contribution is -2.21. The van der Waals surface area contributed by atoms with Crippen LogP contribution in [0.5, 0.6) is 11.5 Å². The van der Waals surface area contributed by atoms with Crippen molar-refractivity contribution in [2.24, 2.45) is 6.26 Å². The van der Waals surface area contributed by atoms with E-state index in [1.54, 1.807) is 24.3 Å². The van der Waals surface area contributed by atoms with E-state index in [0.29, 0.717) is 26.5 Å². The van der Waals surface area contributed by atoms with Crippen molar-refractivity contribution in [3.05, 3.63) is 302 Å². The van der Waals surface area contributed by atoms with Gasteiger partial charge in [0.2, 0.25) is 19.6 Å². The minimum absolute atomic E-state index is 0.0462. The van der Waals surface area contributed by atoms with Gasteiger partial charge in [0.25, 0.3) is 0 Å². The maximum Gasteiger partial charge on any atom is 0.216 e. The number of sulfone groups is 1. The van der Waals surface area contributed by atoms with Crippen molar-refractivity contribution in [1.29, 1.82) is 0 Å². The predicted octanol–water partition coefficient (Wildman–Crippen LogP) is 23.2. The molecule has 0 amide bonds. The summed E-state index contributed by atoms with van der Waals surface area (Å²) in [7, 11) is -1.33. The Morgan fingerprint density at radius 2 is 0.628 bits per heavy atom. The molecule has 8 aliphatic rings. The Morgan fingerprint density at radius 3 is 1.06 bits per heavy atom. The highest BCUT2D eigenvalue weighted by molar-refractivity contribution is 8.04. The Morgan fingerprint density at radius 1 is 0.319 bits per heavy atom. The maximum absolute atomic E-state index is 12.4. The number of hydrogen-bond donors (Lipinski definition) is 0. The number of carbonyl (C=O) groups is 1. The highest BCUT2D eigenvalue weighted by atomic mass is 32.2. The van der Waals surface area contributed by atoms with Gasteiger partial charge in [-0.25, -0.2) is 12.6 Å². The Bertz CT molecular complexity index is 5020. The molecule has 0 spiro atoms. The predicted molar refractivity (Wildman–Crippen MR) is 502 cm³/mol. The largest absolute Gasteiger partial charge is 0.447 e. The van der Waals surface area contributed by atoms with Crippen LogP contribution in [0.15, 0.2) is 370 Å². The fourth-order valence-corrected chi connectivity index (χ4v) is 36.0. The zero-order valence-electron chi connectivity index (χ0n) is 66.1. The Kier molecular flexibility index (Phi) is 30.4. The number of ether oxygens (including phenoxy) is 1. The molecule has 0 unspecified atom stereocenters. The van der Waals surface area contributed by atoms with Gasteiger partial charge >= 0.3 is 0 Å². The van der Waals surface area contributed by atoms with Gasteiger partial charge in [0.1, 0.15) is 87.6 Å². The summed E-state index contributed by atoms with van der Waals surface area (Å²) in [5.41, 5.74) is 3.00. The molecule has 17 heteroatoms. The molecule has 113 heavy (non-hydrogen) atoms. The molecule has 12 aromatic carbocycles. The van der Waals surface area contributed by atoms with Crippen molar-refractivity contribution in [2.45, 2.75) is 130 Å². The first-order valence-electron chi connectivity index (χ1n) is 38.3. The molecule has 0 aliphatic carbocycles. The summed E-state index contributed by atoms with van der Waals surface area (Å²) in [5, 5.41) is 2.85. The average Bonchev–Trinajstić information content (AvgIpc) is 1.56. The summed E-state index contributed by atoms with van der Waals surface area (Å²) in [6.45, 7) is 0. The molecular formula is C96H103O5S12+9.